The summed E-state index contributed by atoms with van der Waals surface area (Å²) in [7, 11) is 0. The first-order valence-corrected chi connectivity index (χ1v) is 14.3. The Kier molecular flexibility index (Phi) is 7.61. The summed E-state index contributed by atoms with van der Waals surface area (Å²) in [6, 6.07) is 17.9. The maximum absolute atomic E-state index is 13.8. The first-order valence-electron chi connectivity index (χ1n) is 13.5. The number of rotatable bonds is 7. The summed E-state index contributed by atoms with van der Waals surface area (Å²) >= 11 is 1.51. The molecule has 5 rings (SSSR count). The van der Waals surface area contributed by atoms with Crippen molar-refractivity contribution in [1.29, 1.82) is 0 Å². The van der Waals surface area contributed by atoms with Gasteiger partial charge in [0.05, 0.1) is 28.4 Å². The Bertz CT molecular complexity index is 1490. The number of nitrogens with one attached hydrogen (secondary N) is 1. The highest BCUT2D eigenvalue weighted by molar-refractivity contribution is 7.17. The molecule has 1 aliphatic rings. The van der Waals surface area contributed by atoms with Crippen LogP contribution < -0.4 is 5.32 Å². The molecule has 0 spiro atoms. The molecular formula is C32H34N2O3S. The van der Waals surface area contributed by atoms with Gasteiger partial charge < -0.3 is 10.1 Å². The molecule has 0 fully saturated rings. The molecule has 2 aromatic carbocycles. The smallest absolute Gasteiger partial charge is 0.341 e. The zero-order valence-corrected chi connectivity index (χ0v) is 23.3. The Hall–Kier alpha value is -3.51. The number of hydrogen-bond donors (Lipinski definition) is 1. The van der Waals surface area contributed by atoms with Gasteiger partial charge >= 0.3 is 5.97 Å². The minimum atomic E-state index is -0.366. The number of benzene rings is 2. The highest BCUT2D eigenvalue weighted by Crippen LogP contribution is 2.40. The van der Waals surface area contributed by atoms with Gasteiger partial charge in [-0.05, 0) is 68.7 Å². The molecule has 4 aromatic rings. The number of nitrogens with zero attached hydrogens (tertiary/aromatic N) is 1. The molecule has 1 atom stereocenters. The van der Waals surface area contributed by atoms with Crippen molar-refractivity contribution in [3.63, 3.8) is 0 Å². The van der Waals surface area contributed by atoms with Crippen LogP contribution in [0.3, 0.4) is 0 Å². The van der Waals surface area contributed by atoms with Gasteiger partial charge in [-0.1, -0.05) is 62.7 Å². The molecule has 0 saturated heterocycles. The number of carbonyl (C=O) groups excluding carboxylic acids is 2. The van der Waals surface area contributed by atoms with E-state index in [0.717, 1.165) is 59.8 Å². The van der Waals surface area contributed by atoms with Gasteiger partial charge in [0.15, 0.2) is 0 Å². The summed E-state index contributed by atoms with van der Waals surface area (Å²) in [5, 5.41) is 4.45. The third-order valence-electron chi connectivity index (χ3n) is 7.03. The lowest BCUT2D eigenvalue weighted by Gasteiger charge is -2.19. The quantitative estimate of drug-likeness (QED) is 0.249. The molecule has 2 heterocycles. The van der Waals surface area contributed by atoms with Gasteiger partial charge in [0.1, 0.15) is 5.00 Å². The number of anilines is 1. The number of esters is 1. The third-order valence-corrected chi connectivity index (χ3v) is 8.20. The van der Waals surface area contributed by atoms with Crippen LogP contribution >= 0.6 is 11.3 Å². The summed E-state index contributed by atoms with van der Waals surface area (Å²) in [5.41, 5.74) is 5.83. The minimum Gasteiger partial charge on any atom is -0.459 e. The van der Waals surface area contributed by atoms with Gasteiger partial charge in [-0.15, -0.1) is 11.3 Å². The van der Waals surface area contributed by atoms with E-state index in [1.54, 1.807) is 0 Å². The normalized spacial score (nSPS) is 14.9. The monoisotopic (exact) mass is 526 g/mol. The fourth-order valence-corrected chi connectivity index (χ4v) is 6.53. The van der Waals surface area contributed by atoms with E-state index in [9.17, 15) is 9.59 Å². The second-order valence-corrected chi connectivity index (χ2v) is 11.6. The predicted molar refractivity (Wildman–Crippen MR) is 155 cm³/mol. The van der Waals surface area contributed by atoms with E-state index >= 15 is 0 Å². The largest absolute Gasteiger partial charge is 0.459 e. The first-order chi connectivity index (χ1) is 18.3. The molecule has 0 saturated carbocycles. The molecule has 196 valence electrons. The van der Waals surface area contributed by atoms with Crippen LogP contribution in [0, 0.1) is 5.92 Å². The number of thiophene rings is 1. The van der Waals surface area contributed by atoms with Gasteiger partial charge in [0.25, 0.3) is 5.91 Å². The number of hydrogen-bond acceptors (Lipinski definition) is 5. The van der Waals surface area contributed by atoms with E-state index in [-0.39, 0.29) is 18.0 Å². The van der Waals surface area contributed by atoms with Crippen LogP contribution in [0.2, 0.25) is 0 Å². The molecule has 0 bridgehead atoms. The van der Waals surface area contributed by atoms with E-state index in [2.05, 4.69) is 43.4 Å². The Morgan fingerprint density at radius 3 is 2.63 bits per heavy atom. The average molecular weight is 527 g/mol. The van der Waals surface area contributed by atoms with Gasteiger partial charge in [-0.2, -0.15) is 0 Å². The predicted octanol–water partition coefficient (Wildman–Crippen LogP) is 7.86. The number of fused-ring (bicyclic) bond motifs is 2. The van der Waals surface area contributed by atoms with Crippen molar-refractivity contribution in [2.75, 3.05) is 5.32 Å². The van der Waals surface area contributed by atoms with Crippen molar-refractivity contribution < 1.29 is 14.3 Å². The number of ether oxygens (including phenoxy) is 1. The van der Waals surface area contributed by atoms with Gasteiger partial charge in [-0.3, -0.25) is 4.79 Å². The summed E-state index contributed by atoms with van der Waals surface area (Å²) in [6.07, 6.45) is 4.64. The van der Waals surface area contributed by atoms with E-state index in [4.69, 9.17) is 9.72 Å². The van der Waals surface area contributed by atoms with Crippen LogP contribution in [0.4, 0.5) is 5.00 Å². The van der Waals surface area contributed by atoms with Crippen LogP contribution in [-0.4, -0.2) is 23.0 Å². The number of carbonyl (C=O) groups is 2. The maximum Gasteiger partial charge on any atom is 0.341 e. The maximum atomic E-state index is 13.8. The van der Waals surface area contributed by atoms with Crippen LogP contribution in [0.15, 0.2) is 54.6 Å². The molecule has 2 aromatic heterocycles. The number of aromatic nitrogens is 1. The van der Waals surface area contributed by atoms with Crippen LogP contribution in [-0.2, 0) is 24.0 Å². The molecule has 1 aliphatic carbocycles. The fraction of sp³-hybridized carbons (Fsp3) is 0.344. The highest BCUT2D eigenvalue weighted by Gasteiger charge is 2.30. The zero-order valence-electron chi connectivity index (χ0n) is 22.5. The first kappa shape index (κ1) is 26.1. The number of amides is 1. The van der Waals surface area contributed by atoms with Gasteiger partial charge in [0, 0.05) is 15.8 Å². The summed E-state index contributed by atoms with van der Waals surface area (Å²) < 4.78 is 5.60. The van der Waals surface area contributed by atoms with Crippen molar-refractivity contribution in [2.24, 2.45) is 5.92 Å². The lowest BCUT2D eigenvalue weighted by molar-refractivity contribution is 0.0378. The Morgan fingerprint density at radius 1 is 1.13 bits per heavy atom. The fourth-order valence-electron chi connectivity index (χ4n) is 5.14. The topological polar surface area (TPSA) is 68.3 Å². The standard InChI is InChI=1S/C32H34N2O3S/c1-5-8-21-12-14-22(15-13-21)27-18-25(23-9-6-7-10-26(23)33-27)30(35)34-31-29(32(36)37-19(2)3)24-16-11-20(4)17-28(24)38-31/h6-7,9-10,12-15,18-20H,5,8,11,16-17H2,1-4H3,(H,34,35). The molecule has 0 radical (unpaired) electrons. The Morgan fingerprint density at radius 2 is 1.89 bits per heavy atom. The molecular weight excluding hydrogens is 492 g/mol. The van der Waals surface area contributed by atoms with E-state index in [1.165, 1.54) is 21.8 Å². The highest BCUT2D eigenvalue weighted by atomic mass is 32.1. The number of aryl methyl sites for hydroxylation is 1. The van der Waals surface area contributed by atoms with Gasteiger partial charge in [-0.25, -0.2) is 9.78 Å². The second-order valence-electron chi connectivity index (χ2n) is 10.5. The van der Waals surface area contributed by atoms with Crippen LogP contribution in [0.5, 0.6) is 0 Å². The minimum absolute atomic E-state index is 0.237. The van der Waals surface area contributed by atoms with Crippen molar-refractivity contribution in [2.45, 2.75) is 65.9 Å². The third kappa shape index (κ3) is 5.37. The van der Waals surface area contributed by atoms with E-state index in [0.29, 0.717) is 22.0 Å². The Labute approximate surface area is 228 Å². The van der Waals surface area contributed by atoms with Crippen molar-refractivity contribution in [3.05, 3.63) is 81.7 Å². The van der Waals surface area contributed by atoms with Crippen LogP contribution in [0.1, 0.15) is 77.3 Å². The van der Waals surface area contributed by atoms with Crippen molar-refractivity contribution >= 4 is 39.1 Å². The molecule has 6 heteroatoms. The molecule has 0 aliphatic heterocycles. The van der Waals surface area contributed by atoms with Crippen molar-refractivity contribution in [3.8, 4) is 11.3 Å². The Balaban J connectivity index is 1.54. The zero-order chi connectivity index (χ0) is 26.8. The molecule has 1 amide bonds. The van der Waals surface area contributed by atoms with Crippen LogP contribution in [0.25, 0.3) is 22.2 Å². The molecule has 1 unspecified atom stereocenters. The average Bonchev–Trinajstić information content (AvgIpc) is 3.25. The van der Waals surface area contributed by atoms with Gasteiger partial charge in [0.2, 0.25) is 0 Å². The molecule has 1 N–H and O–H groups in total. The van der Waals surface area contributed by atoms with E-state index in [1.807, 2.05) is 44.2 Å². The SMILES string of the molecule is CCCc1ccc(-c2cc(C(=O)Nc3sc4c(c3C(=O)OC(C)C)CCC(C)C4)c3ccccc3n2)cc1. The number of para-hydroxylation sites is 1. The summed E-state index contributed by atoms with van der Waals surface area (Å²) in [5.74, 6) is -0.0680. The molecule has 38 heavy (non-hydrogen) atoms. The number of pyridine rings is 1. The second kappa shape index (κ2) is 11.1. The lowest BCUT2D eigenvalue weighted by Crippen LogP contribution is -2.19. The summed E-state index contributed by atoms with van der Waals surface area (Å²) in [6.45, 7) is 8.08. The van der Waals surface area contributed by atoms with Crippen molar-refractivity contribution in [1.82, 2.24) is 4.98 Å². The van der Waals surface area contributed by atoms with E-state index < -0.39 is 0 Å². The molecule has 5 nitrogen and oxygen atoms in total. The summed E-state index contributed by atoms with van der Waals surface area (Å²) in [4.78, 5) is 33.0. The lowest BCUT2D eigenvalue weighted by atomic mass is 9.88.